The molecule has 7 heteroatoms. The molecule has 0 aliphatic rings. The van der Waals surface area contributed by atoms with Gasteiger partial charge in [-0.15, -0.1) is 0 Å². The third-order valence-corrected chi connectivity index (χ3v) is 2.49. The third kappa shape index (κ3) is 9.81. The summed E-state index contributed by atoms with van der Waals surface area (Å²) in [4.78, 5) is 11.2. The van der Waals surface area contributed by atoms with Gasteiger partial charge in [0.1, 0.15) is 5.60 Å². The Morgan fingerprint density at radius 3 is 2.27 bits per heavy atom. The number of hydrogen-bond acceptors (Lipinski definition) is 4. The molecule has 1 N–H and O–H groups in total. The molecular weight excluding hydrogens is 242 g/mol. The van der Waals surface area contributed by atoms with Crippen LogP contribution in [0.3, 0.4) is 0 Å². The van der Waals surface area contributed by atoms with Crippen molar-refractivity contribution in [3.8, 4) is 0 Å². The lowest BCUT2D eigenvalue weighted by Gasteiger charge is -2.21. The fraction of sp³-hybridized carbons (Fsp3) is 0.875. The van der Waals surface area contributed by atoms with E-state index in [0.29, 0.717) is 0 Å². The summed E-state index contributed by atoms with van der Waals surface area (Å²) in [6, 6.07) is -0.581. The third-order valence-electron chi connectivity index (χ3n) is 1.21. The van der Waals surface area contributed by atoms with E-state index in [9.17, 15) is 13.2 Å². The van der Waals surface area contributed by atoms with Crippen molar-refractivity contribution in [2.45, 2.75) is 39.3 Å². The van der Waals surface area contributed by atoms with E-state index in [2.05, 4.69) is 5.32 Å². The number of alkyl carbamates (subject to hydrolysis) is 1. The zero-order valence-electron chi connectivity index (χ0n) is 9.20. The maximum atomic E-state index is 11.2. The molecule has 0 rings (SSSR count). The molecule has 0 radical (unpaired) electrons. The van der Waals surface area contributed by atoms with Crippen molar-refractivity contribution in [2.24, 2.45) is 0 Å². The molecule has 0 aromatic heterocycles. The molecule has 0 saturated heterocycles. The van der Waals surface area contributed by atoms with Crippen LogP contribution in [0.5, 0.6) is 0 Å². The molecule has 15 heavy (non-hydrogen) atoms. The van der Waals surface area contributed by atoms with Gasteiger partial charge in [0.25, 0.3) is 0 Å². The molecule has 0 saturated carbocycles. The molecule has 0 heterocycles. The minimum absolute atomic E-state index is 0.326. The van der Waals surface area contributed by atoms with Gasteiger partial charge >= 0.3 is 6.09 Å². The molecule has 0 fully saturated rings. The van der Waals surface area contributed by atoms with Gasteiger partial charge in [0.2, 0.25) is 9.05 Å². The minimum atomic E-state index is -3.61. The number of halogens is 1. The number of carbonyl (C=O) groups is 1. The Kier molecular flexibility index (Phi) is 4.86. The van der Waals surface area contributed by atoms with E-state index in [-0.39, 0.29) is 5.75 Å². The smallest absolute Gasteiger partial charge is 0.407 e. The Balaban J connectivity index is 4.09. The van der Waals surface area contributed by atoms with Crippen LogP contribution in [0.15, 0.2) is 0 Å². The molecular formula is C8H16ClNO4S. The van der Waals surface area contributed by atoms with Gasteiger partial charge in [0, 0.05) is 16.7 Å². The van der Waals surface area contributed by atoms with Crippen molar-refractivity contribution in [2.75, 3.05) is 5.75 Å². The Morgan fingerprint density at radius 2 is 1.93 bits per heavy atom. The van der Waals surface area contributed by atoms with Gasteiger partial charge < -0.3 is 10.1 Å². The van der Waals surface area contributed by atoms with Crippen molar-refractivity contribution in [3.63, 3.8) is 0 Å². The van der Waals surface area contributed by atoms with Gasteiger partial charge in [0.05, 0.1) is 5.75 Å². The fourth-order valence-corrected chi connectivity index (χ4v) is 2.10. The van der Waals surface area contributed by atoms with Crippen molar-refractivity contribution >= 4 is 25.8 Å². The number of ether oxygens (including phenoxy) is 1. The first-order valence-electron chi connectivity index (χ1n) is 4.41. The van der Waals surface area contributed by atoms with Gasteiger partial charge in [0.15, 0.2) is 0 Å². The molecule has 1 amide bonds. The van der Waals surface area contributed by atoms with Crippen molar-refractivity contribution < 1.29 is 17.9 Å². The standard InChI is InChI=1S/C8H16ClNO4S/c1-6(5-15(9,12)13)10-7(11)14-8(2,3)4/h6H,5H2,1-4H3,(H,10,11)/t6-/m1/s1. The van der Waals surface area contributed by atoms with E-state index in [1.807, 2.05) is 0 Å². The quantitative estimate of drug-likeness (QED) is 0.777. The Labute approximate surface area is 94.6 Å². The average Bonchev–Trinajstić information content (AvgIpc) is 1.73. The van der Waals surface area contributed by atoms with Crippen molar-refractivity contribution in [3.05, 3.63) is 0 Å². The zero-order valence-corrected chi connectivity index (χ0v) is 10.8. The number of rotatable bonds is 3. The summed E-state index contributed by atoms with van der Waals surface area (Å²) in [6.07, 6.45) is -0.657. The predicted molar refractivity (Wildman–Crippen MR) is 58.5 cm³/mol. The van der Waals surface area contributed by atoms with Crippen LogP contribution in [0.4, 0.5) is 4.79 Å². The summed E-state index contributed by atoms with van der Waals surface area (Å²) >= 11 is 0. The highest BCUT2D eigenvalue weighted by Gasteiger charge is 2.19. The fourth-order valence-electron chi connectivity index (χ4n) is 0.849. The van der Waals surface area contributed by atoms with Crippen LogP contribution in [0.1, 0.15) is 27.7 Å². The van der Waals surface area contributed by atoms with Crippen LogP contribution in [0.2, 0.25) is 0 Å². The summed E-state index contributed by atoms with van der Waals surface area (Å²) in [7, 11) is 1.41. The van der Waals surface area contributed by atoms with Gasteiger partial charge in [-0.2, -0.15) is 0 Å². The van der Waals surface area contributed by atoms with Crippen molar-refractivity contribution in [1.29, 1.82) is 0 Å². The van der Waals surface area contributed by atoms with Crippen molar-refractivity contribution in [1.82, 2.24) is 5.32 Å². The number of amides is 1. The summed E-state index contributed by atoms with van der Waals surface area (Å²) in [6.45, 7) is 6.68. The van der Waals surface area contributed by atoms with E-state index >= 15 is 0 Å². The first kappa shape index (κ1) is 14.5. The van der Waals surface area contributed by atoms with E-state index < -0.39 is 26.8 Å². The van der Waals surface area contributed by atoms with Gasteiger partial charge in [-0.25, -0.2) is 13.2 Å². The van der Waals surface area contributed by atoms with Crippen LogP contribution >= 0.6 is 10.7 Å². The second kappa shape index (κ2) is 5.03. The lowest BCUT2D eigenvalue weighted by Crippen LogP contribution is -2.40. The molecule has 0 spiro atoms. The Bertz CT molecular complexity index is 320. The lowest BCUT2D eigenvalue weighted by molar-refractivity contribution is 0.0513. The molecule has 0 unspecified atom stereocenters. The molecule has 1 atom stereocenters. The Morgan fingerprint density at radius 1 is 1.47 bits per heavy atom. The first-order chi connectivity index (χ1) is 6.49. The number of hydrogen-bond donors (Lipinski definition) is 1. The topological polar surface area (TPSA) is 72.5 Å². The normalized spacial score (nSPS) is 14.5. The van der Waals surface area contributed by atoms with Gasteiger partial charge in [-0.3, -0.25) is 0 Å². The second-order valence-electron chi connectivity index (χ2n) is 4.25. The maximum absolute atomic E-state index is 11.2. The monoisotopic (exact) mass is 257 g/mol. The first-order valence-corrected chi connectivity index (χ1v) is 6.89. The highest BCUT2D eigenvalue weighted by atomic mass is 35.7. The van der Waals surface area contributed by atoms with Crippen LogP contribution in [-0.4, -0.2) is 31.9 Å². The highest BCUT2D eigenvalue weighted by Crippen LogP contribution is 2.07. The zero-order chi connectivity index (χ0) is 12.3. The molecule has 0 aromatic carbocycles. The molecule has 0 bridgehead atoms. The minimum Gasteiger partial charge on any atom is -0.444 e. The average molecular weight is 258 g/mol. The molecule has 5 nitrogen and oxygen atoms in total. The molecule has 0 aliphatic carbocycles. The van der Waals surface area contributed by atoms with Crippen LogP contribution < -0.4 is 5.32 Å². The highest BCUT2D eigenvalue weighted by molar-refractivity contribution is 8.13. The van der Waals surface area contributed by atoms with Crippen LogP contribution in [-0.2, 0) is 13.8 Å². The lowest BCUT2D eigenvalue weighted by atomic mass is 10.2. The van der Waals surface area contributed by atoms with Crippen LogP contribution in [0, 0.1) is 0 Å². The summed E-state index contributed by atoms with van der Waals surface area (Å²) < 4.78 is 26.3. The largest absolute Gasteiger partial charge is 0.444 e. The summed E-state index contributed by atoms with van der Waals surface area (Å²) in [5.41, 5.74) is -0.607. The summed E-state index contributed by atoms with van der Waals surface area (Å²) in [5.74, 6) is -0.326. The van der Waals surface area contributed by atoms with E-state index in [1.54, 1.807) is 20.8 Å². The molecule has 0 aliphatic heterocycles. The second-order valence-corrected chi connectivity index (χ2v) is 7.07. The number of carbonyl (C=O) groups excluding carboxylic acids is 1. The summed E-state index contributed by atoms with van der Waals surface area (Å²) in [5, 5.41) is 2.37. The molecule has 90 valence electrons. The SMILES string of the molecule is C[C@H](CS(=O)(=O)Cl)NC(=O)OC(C)(C)C. The van der Waals surface area contributed by atoms with E-state index in [4.69, 9.17) is 15.4 Å². The predicted octanol–water partition coefficient (Wildman–Crippen LogP) is 1.47. The van der Waals surface area contributed by atoms with E-state index in [1.165, 1.54) is 6.92 Å². The number of nitrogens with one attached hydrogen (secondary N) is 1. The molecule has 0 aromatic rings. The van der Waals surface area contributed by atoms with Crippen LogP contribution in [0.25, 0.3) is 0 Å². The Hall–Kier alpha value is -0.490. The van der Waals surface area contributed by atoms with E-state index in [0.717, 1.165) is 0 Å². The maximum Gasteiger partial charge on any atom is 0.407 e. The van der Waals surface area contributed by atoms with Gasteiger partial charge in [-0.05, 0) is 27.7 Å². The van der Waals surface area contributed by atoms with Gasteiger partial charge in [-0.1, -0.05) is 0 Å².